The first-order chi connectivity index (χ1) is 13.5. The van der Waals surface area contributed by atoms with Crippen LogP contribution in [0.1, 0.15) is 55.1 Å². The summed E-state index contributed by atoms with van der Waals surface area (Å²) in [5.41, 5.74) is 5.21. The number of hydrogen-bond acceptors (Lipinski definition) is 3. The molecule has 1 N–H and O–H groups in total. The second-order valence-corrected chi connectivity index (χ2v) is 7.25. The normalized spacial score (nSPS) is 11.2. The van der Waals surface area contributed by atoms with E-state index < -0.39 is 6.61 Å². The minimum atomic E-state index is -0.485. The monoisotopic (exact) mass is 378 g/mol. The first-order valence-electron chi connectivity index (χ1n) is 9.72. The predicted octanol–water partition coefficient (Wildman–Crippen LogP) is 5.68. The molecule has 0 bridgehead atoms. The predicted molar refractivity (Wildman–Crippen MR) is 115 cm³/mol. The van der Waals surface area contributed by atoms with Crippen molar-refractivity contribution in [1.82, 2.24) is 0 Å². The molecule has 0 unspecified atom stereocenters. The third kappa shape index (κ3) is 7.16. The zero-order chi connectivity index (χ0) is 20.4. The van der Waals surface area contributed by atoms with Crippen molar-refractivity contribution in [3.05, 3.63) is 88.5 Å². The Morgan fingerprint density at radius 3 is 2.46 bits per heavy atom. The van der Waals surface area contributed by atoms with Gasteiger partial charge in [-0.1, -0.05) is 53.6 Å². The standard InChI is InChI=1S/C25H30O3/c1-19(2)8-7-9-20(3)12-13-23-16-22(24(27)17-26)14-15-25(23)28-18-21-10-5-4-6-11-21/h4-6,8,10-12,14-16,26H,7,9,13,17-18H2,1-3H3/b20-12+. The summed E-state index contributed by atoms with van der Waals surface area (Å²) in [7, 11) is 0. The number of aliphatic hydroxyl groups excluding tert-OH is 1. The average molecular weight is 379 g/mol. The molecule has 0 saturated carbocycles. The van der Waals surface area contributed by atoms with Crippen LogP contribution in [-0.2, 0) is 13.0 Å². The van der Waals surface area contributed by atoms with Crippen molar-refractivity contribution >= 4 is 5.78 Å². The molecule has 2 aromatic carbocycles. The summed E-state index contributed by atoms with van der Waals surface area (Å²) in [5, 5.41) is 9.16. The summed E-state index contributed by atoms with van der Waals surface area (Å²) in [6.45, 7) is 6.34. The molecular weight excluding hydrogens is 348 g/mol. The lowest BCUT2D eigenvalue weighted by molar-refractivity contribution is 0.0903. The highest BCUT2D eigenvalue weighted by Gasteiger charge is 2.10. The molecule has 0 spiro atoms. The minimum Gasteiger partial charge on any atom is -0.489 e. The van der Waals surface area contributed by atoms with Crippen molar-refractivity contribution in [2.75, 3.05) is 6.61 Å². The summed E-state index contributed by atoms with van der Waals surface area (Å²) in [4.78, 5) is 11.9. The summed E-state index contributed by atoms with van der Waals surface area (Å²) in [5.74, 6) is 0.492. The van der Waals surface area contributed by atoms with Gasteiger partial charge in [-0.25, -0.2) is 0 Å². The van der Waals surface area contributed by atoms with Crippen LogP contribution in [0.15, 0.2) is 71.8 Å². The number of Topliss-reactive ketones (excluding diaryl/α,β-unsaturated/α-hetero) is 1. The molecule has 3 heteroatoms. The van der Waals surface area contributed by atoms with Gasteiger partial charge in [0.15, 0.2) is 5.78 Å². The summed E-state index contributed by atoms with van der Waals surface area (Å²) in [6, 6.07) is 15.4. The van der Waals surface area contributed by atoms with Crippen LogP contribution in [0.2, 0.25) is 0 Å². The van der Waals surface area contributed by atoms with Gasteiger partial charge in [0.2, 0.25) is 0 Å². The molecule has 0 aliphatic heterocycles. The van der Waals surface area contributed by atoms with E-state index in [4.69, 9.17) is 9.84 Å². The molecule has 0 saturated heterocycles. The van der Waals surface area contributed by atoms with E-state index >= 15 is 0 Å². The molecule has 2 aromatic rings. The van der Waals surface area contributed by atoms with E-state index in [0.717, 1.165) is 29.7 Å². The van der Waals surface area contributed by atoms with Crippen molar-refractivity contribution in [1.29, 1.82) is 0 Å². The van der Waals surface area contributed by atoms with Crippen molar-refractivity contribution in [3.8, 4) is 5.75 Å². The number of allylic oxidation sites excluding steroid dienone is 4. The fraction of sp³-hybridized carbons (Fsp3) is 0.320. The second kappa shape index (κ2) is 11.3. The van der Waals surface area contributed by atoms with E-state index in [1.807, 2.05) is 42.5 Å². The highest BCUT2D eigenvalue weighted by Crippen LogP contribution is 2.24. The Morgan fingerprint density at radius 2 is 1.79 bits per heavy atom. The largest absolute Gasteiger partial charge is 0.489 e. The topological polar surface area (TPSA) is 46.5 Å². The van der Waals surface area contributed by atoms with E-state index in [2.05, 4.69) is 32.9 Å². The maximum atomic E-state index is 11.9. The van der Waals surface area contributed by atoms with Gasteiger partial charge >= 0.3 is 0 Å². The Morgan fingerprint density at radius 1 is 1.04 bits per heavy atom. The maximum absolute atomic E-state index is 11.9. The fourth-order valence-corrected chi connectivity index (χ4v) is 2.85. The first-order valence-corrected chi connectivity index (χ1v) is 9.72. The van der Waals surface area contributed by atoms with Gasteiger partial charge in [-0.3, -0.25) is 4.79 Å². The Hall–Kier alpha value is -2.65. The molecule has 0 heterocycles. The Labute approximate surface area is 168 Å². The van der Waals surface area contributed by atoms with Gasteiger partial charge in [0.25, 0.3) is 0 Å². The number of rotatable bonds is 10. The molecule has 28 heavy (non-hydrogen) atoms. The Bertz CT molecular complexity index is 828. The zero-order valence-corrected chi connectivity index (χ0v) is 17.1. The number of benzene rings is 2. The Balaban J connectivity index is 2.15. The zero-order valence-electron chi connectivity index (χ0n) is 17.1. The number of hydrogen-bond donors (Lipinski definition) is 1. The van der Waals surface area contributed by atoms with E-state index in [0.29, 0.717) is 18.6 Å². The van der Waals surface area contributed by atoms with Gasteiger partial charge in [-0.05, 0) is 69.4 Å². The lowest BCUT2D eigenvalue weighted by atomic mass is 10.0. The third-order valence-corrected chi connectivity index (χ3v) is 4.52. The van der Waals surface area contributed by atoms with Crippen molar-refractivity contribution < 1.29 is 14.6 Å². The van der Waals surface area contributed by atoms with Crippen LogP contribution in [-0.4, -0.2) is 17.5 Å². The number of carbonyl (C=O) groups excluding carboxylic acids is 1. The summed E-state index contributed by atoms with van der Waals surface area (Å²) < 4.78 is 6.02. The van der Waals surface area contributed by atoms with Gasteiger partial charge in [0.05, 0.1) is 0 Å². The first kappa shape index (κ1) is 21.6. The Kier molecular flexibility index (Phi) is 8.70. The van der Waals surface area contributed by atoms with Gasteiger partial charge < -0.3 is 9.84 Å². The lowest BCUT2D eigenvalue weighted by Gasteiger charge is -2.12. The summed E-state index contributed by atoms with van der Waals surface area (Å²) in [6.07, 6.45) is 7.17. The van der Waals surface area contributed by atoms with Crippen LogP contribution >= 0.6 is 0 Å². The second-order valence-electron chi connectivity index (χ2n) is 7.25. The lowest BCUT2D eigenvalue weighted by Crippen LogP contribution is -2.06. The molecule has 0 aromatic heterocycles. The third-order valence-electron chi connectivity index (χ3n) is 4.52. The van der Waals surface area contributed by atoms with Crippen LogP contribution in [0.4, 0.5) is 0 Å². The van der Waals surface area contributed by atoms with E-state index in [1.54, 1.807) is 6.07 Å². The molecule has 0 aliphatic carbocycles. The molecule has 0 amide bonds. The van der Waals surface area contributed by atoms with E-state index in [9.17, 15) is 4.79 Å². The number of ketones is 1. The van der Waals surface area contributed by atoms with Crippen molar-refractivity contribution in [3.63, 3.8) is 0 Å². The molecule has 3 nitrogen and oxygen atoms in total. The van der Waals surface area contributed by atoms with Gasteiger partial charge in [-0.15, -0.1) is 0 Å². The average Bonchev–Trinajstić information content (AvgIpc) is 2.70. The van der Waals surface area contributed by atoms with Gasteiger partial charge in [0, 0.05) is 5.56 Å². The van der Waals surface area contributed by atoms with Gasteiger partial charge in [-0.2, -0.15) is 0 Å². The molecular formula is C25H30O3. The van der Waals surface area contributed by atoms with Crippen molar-refractivity contribution in [2.24, 2.45) is 0 Å². The quantitative estimate of drug-likeness (QED) is 0.428. The molecule has 0 fully saturated rings. The highest BCUT2D eigenvalue weighted by molar-refractivity contribution is 5.97. The van der Waals surface area contributed by atoms with Crippen LogP contribution < -0.4 is 4.74 Å². The number of ether oxygens (including phenoxy) is 1. The van der Waals surface area contributed by atoms with E-state index in [-0.39, 0.29) is 5.78 Å². The minimum absolute atomic E-state index is 0.278. The molecule has 148 valence electrons. The van der Waals surface area contributed by atoms with Gasteiger partial charge in [0.1, 0.15) is 19.0 Å². The molecule has 2 rings (SSSR count). The van der Waals surface area contributed by atoms with Crippen molar-refractivity contribution in [2.45, 2.75) is 46.6 Å². The fourth-order valence-electron chi connectivity index (χ4n) is 2.85. The smallest absolute Gasteiger partial charge is 0.188 e. The summed E-state index contributed by atoms with van der Waals surface area (Å²) >= 11 is 0. The van der Waals surface area contributed by atoms with Crippen LogP contribution in [0, 0.1) is 0 Å². The highest BCUT2D eigenvalue weighted by atomic mass is 16.5. The number of carbonyl (C=O) groups is 1. The SMILES string of the molecule is CC(C)=CCC/C(C)=C/Cc1cc(C(=O)CO)ccc1OCc1ccccc1. The maximum Gasteiger partial charge on any atom is 0.188 e. The van der Waals surface area contributed by atoms with E-state index in [1.165, 1.54) is 11.1 Å². The molecule has 0 radical (unpaired) electrons. The number of aliphatic hydroxyl groups is 1. The molecule has 0 atom stereocenters. The van der Waals surface area contributed by atoms with Crippen LogP contribution in [0.25, 0.3) is 0 Å². The van der Waals surface area contributed by atoms with Crippen LogP contribution in [0.5, 0.6) is 5.75 Å². The molecule has 0 aliphatic rings. The van der Waals surface area contributed by atoms with Crippen LogP contribution in [0.3, 0.4) is 0 Å².